The van der Waals surface area contributed by atoms with Crippen LogP contribution in [0.5, 0.6) is 0 Å². The van der Waals surface area contributed by atoms with E-state index >= 15 is 0 Å². The lowest BCUT2D eigenvalue weighted by Gasteiger charge is -2.21. The van der Waals surface area contributed by atoms with Crippen molar-refractivity contribution in [1.82, 2.24) is 0 Å². The molecule has 0 saturated carbocycles. The molecule has 4 rings (SSSR count). The van der Waals surface area contributed by atoms with Gasteiger partial charge in [0.25, 0.3) is 5.91 Å². The van der Waals surface area contributed by atoms with E-state index < -0.39 is 9.84 Å². The van der Waals surface area contributed by atoms with Crippen LogP contribution in [-0.4, -0.2) is 44.2 Å². The highest BCUT2D eigenvalue weighted by molar-refractivity contribution is 8.02. The minimum absolute atomic E-state index is 0.0101. The number of thioether (sulfide) groups is 1. The van der Waals surface area contributed by atoms with E-state index in [1.165, 1.54) is 30.3 Å². The van der Waals surface area contributed by atoms with Gasteiger partial charge in [-0.25, -0.2) is 8.42 Å². The Labute approximate surface area is 176 Å². The molecule has 1 atom stereocenters. The summed E-state index contributed by atoms with van der Waals surface area (Å²) in [5, 5.41) is 3.02. The van der Waals surface area contributed by atoms with Crippen molar-refractivity contribution in [1.29, 1.82) is 0 Å². The molecule has 2 aliphatic heterocycles. The fourth-order valence-electron chi connectivity index (χ4n) is 4.03. The summed E-state index contributed by atoms with van der Waals surface area (Å²) >= 11 is 1.49. The lowest BCUT2D eigenvalue weighted by Crippen LogP contribution is -2.19. The van der Waals surface area contributed by atoms with Crippen molar-refractivity contribution in [3.63, 3.8) is 0 Å². The van der Waals surface area contributed by atoms with Gasteiger partial charge < -0.3 is 10.2 Å². The molecule has 0 bridgehead atoms. The SMILES string of the molecule is Cc1cc(NC(=O)c2ccccc2S[C@H]2CCS(=O)(=O)C2)ccc1N1CCCC1. The van der Waals surface area contributed by atoms with Crippen molar-refractivity contribution in [2.75, 3.05) is 34.8 Å². The van der Waals surface area contributed by atoms with Gasteiger partial charge in [-0.3, -0.25) is 4.79 Å². The molecule has 2 aliphatic rings. The topological polar surface area (TPSA) is 66.5 Å². The second kappa shape index (κ2) is 8.40. The van der Waals surface area contributed by atoms with E-state index in [-0.39, 0.29) is 22.7 Å². The number of hydrogen-bond donors (Lipinski definition) is 1. The first-order valence-corrected chi connectivity index (χ1v) is 12.7. The van der Waals surface area contributed by atoms with Crippen molar-refractivity contribution in [3.8, 4) is 0 Å². The Balaban J connectivity index is 1.48. The molecule has 1 amide bonds. The van der Waals surface area contributed by atoms with Crippen LogP contribution in [-0.2, 0) is 9.84 Å². The highest BCUT2D eigenvalue weighted by atomic mass is 32.2. The zero-order chi connectivity index (χ0) is 20.4. The molecule has 0 unspecified atom stereocenters. The van der Waals surface area contributed by atoms with Gasteiger partial charge in [-0.15, -0.1) is 11.8 Å². The summed E-state index contributed by atoms with van der Waals surface area (Å²) in [6.45, 7) is 4.26. The molecule has 7 heteroatoms. The van der Waals surface area contributed by atoms with Gasteiger partial charge in [0.05, 0.1) is 17.1 Å². The number of aryl methyl sites for hydroxylation is 1. The van der Waals surface area contributed by atoms with Crippen LogP contribution in [0.3, 0.4) is 0 Å². The van der Waals surface area contributed by atoms with Gasteiger partial charge in [0.2, 0.25) is 0 Å². The van der Waals surface area contributed by atoms with Crippen molar-refractivity contribution in [3.05, 3.63) is 53.6 Å². The molecule has 1 N–H and O–H groups in total. The Morgan fingerprint density at radius 3 is 2.59 bits per heavy atom. The van der Waals surface area contributed by atoms with Crippen LogP contribution in [0.4, 0.5) is 11.4 Å². The average molecular weight is 431 g/mol. The molecule has 2 saturated heterocycles. The van der Waals surface area contributed by atoms with Gasteiger partial charge in [0.1, 0.15) is 0 Å². The maximum atomic E-state index is 12.9. The highest BCUT2D eigenvalue weighted by Gasteiger charge is 2.29. The second-order valence-electron chi connectivity index (χ2n) is 7.79. The van der Waals surface area contributed by atoms with E-state index in [1.807, 2.05) is 30.3 Å². The maximum Gasteiger partial charge on any atom is 0.256 e. The van der Waals surface area contributed by atoms with Gasteiger partial charge in [0, 0.05) is 34.6 Å². The summed E-state index contributed by atoms with van der Waals surface area (Å²) in [5.41, 5.74) is 3.75. The van der Waals surface area contributed by atoms with Crippen LogP contribution in [0.15, 0.2) is 47.4 Å². The zero-order valence-corrected chi connectivity index (χ0v) is 18.2. The lowest BCUT2D eigenvalue weighted by atomic mass is 10.1. The van der Waals surface area contributed by atoms with Crippen LogP contribution < -0.4 is 10.2 Å². The molecule has 2 fully saturated rings. The third kappa shape index (κ3) is 4.78. The number of benzene rings is 2. The molecule has 2 heterocycles. The van der Waals surface area contributed by atoms with Gasteiger partial charge >= 0.3 is 0 Å². The minimum atomic E-state index is -2.94. The van der Waals surface area contributed by atoms with Crippen LogP contribution >= 0.6 is 11.8 Å². The van der Waals surface area contributed by atoms with Gasteiger partial charge in [0.15, 0.2) is 9.84 Å². The molecule has 0 spiro atoms. The smallest absolute Gasteiger partial charge is 0.256 e. The Bertz CT molecular complexity index is 1010. The number of nitrogens with one attached hydrogen (secondary N) is 1. The molecular formula is C22H26N2O3S2. The van der Waals surface area contributed by atoms with Crippen LogP contribution in [0.1, 0.15) is 35.2 Å². The van der Waals surface area contributed by atoms with E-state index in [0.717, 1.165) is 29.2 Å². The molecule has 0 aromatic heterocycles. The number of amides is 1. The van der Waals surface area contributed by atoms with Gasteiger partial charge in [-0.2, -0.15) is 0 Å². The highest BCUT2D eigenvalue weighted by Crippen LogP contribution is 2.33. The number of carbonyl (C=O) groups excluding carboxylic acids is 1. The van der Waals surface area contributed by atoms with Gasteiger partial charge in [-0.05, 0) is 62.1 Å². The number of hydrogen-bond acceptors (Lipinski definition) is 5. The standard InChI is InChI=1S/C22H26N2O3S2/c1-16-14-17(8-9-20(16)24-11-4-5-12-24)23-22(25)19-6-2-3-7-21(19)28-18-10-13-29(26,27)15-18/h2-3,6-9,14,18H,4-5,10-13,15H2,1H3,(H,23,25)/t18-/m0/s1. The van der Waals surface area contributed by atoms with E-state index in [2.05, 4.69) is 23.2 Å². The largest absolute Gasteiger partial charge is 0.371 e. The molecule has 29 heavy (non-hydrogen) atoms. The molecule has 154 valence electrons. The summed E-state index contributed by atoms with van der Waals surface area (Å²) in [6.07, 6.45) is 3.10. The molecule has 2 aromatic rings. The summed E-state index contributed by atoms with van der Waals surface area (Å²) in [5.74, 6) is 0.259. The van der Waals surface area contributed by atoms with Crippen LogP contribution in [0.25, 0.3) is 0 Å². The molecule has 5 nitrogen and oxygen atoms in total. The molecule has 0 radical (unpaired) electrons. The third-order valence-corrected chi connectivity index (χ3v) is 8.84. The molecule has 0 aliphatic carbocycles. The molecular weight excluding hydrogens is 404 g/mol. The predicted octanol–water partition coefficient (Wildman–Crippen LogP) is 4.13. The summed E-state index contributed by atoms with van der Waals surface area (Å²) in [6, 6.07) is 13.5. The summed E-state index contributed by atoms with van der Waals surface area (Å²) in [7, 11) is -2.94. The van der Waals surface area contributed by atoms with Crippen molar-refractivity contribution >= 4 is 38.9 Å². The number of rotatable bonds is 5. The number of sulfone groups is 1. The fraction of sp³-hybridized carbons (Fsp3) is 0.409. The zero-order valence-electron chi connectivity index (χ0n) is 16.6. The normalized spacial score (nSPS) is 20.7. The first kappa shape index (κ1) is 20.3. The Hall–Kier alpha value is -1.99. The van der Waals surface area contributed by atoms with E-state index in [1.54, 1.807) is 6.07 Å². The van der Waals surface area contributed by atoms with Crippen molar-refractivity contribution in [2.24, 2.45) is 0 Å². The first-order chi connectivity index (χ1) is 13.9. The monoisotopic (exact) mass is 430 g/mol. The fourth-order valence-corrected chi connectivity index (χ4v) is 7.66. The maximum absolute atomic E-state index is 12.9. The minimum Gasteiger partial charge on any atom is -0.371 e. The van der Waals surface area contributed by atoms with Gasteiger partial charge in [-0.1, -0.05) is 12.1 Å². The van der Waals surface area contributed by atoms with E-state index in [0.29, 0.717) is 12.0 Å². The Kier molecular flexibility index (Phi) is 5.88. The van der Waals surface area contributed by atoms with Crippen LogP contribution in [0, 0.1) is 6.92 Å². The second-order valence-corrected chi connectivity index (χ2v) is 11.4. The lowest BCUT2D eigenvalue weighted by molar-refractivity contribution is 0.102. The number of nitrogens with zero attached hydrogens (tertiary/aromatic N) is 1. The Morgan fingerprint density at radius 1 is 1.14 bits per heavy atom. The Morgan fingerprint density at radius 2 is 1.90 bits per heavy atom. The average Bonchev–Trinajstić information content (AvgIpc) is 3.32. The quantitative estimate of drug-likeness (QED) is 0.773. The van der Waals surface area contributed by atoms with Crippen molar-refractivity contribution < 1.29 is 13.2 Å². The summed E-state index contributed by atoms with van der Waals surface area (Å²) in [4.78, 5) is 16.2. The number of carbonyl (C=O) groups is 1. The van der Waals surface area contributed by atoms with E-state index in [4.69, 9.17) is 0 Å². The predicted molar refractivity (Wildman–Crippen MR) is 120 cm³/mol. The summed E-state index contributed by atoms with van der Waals surface area (Å²) < 4.78 is 23.5. The van der Waals surface area contributed by atoms with Crippen LogP contribution in [0.2, 0.25) is 0 Å². The third-order valence-electron chi connectivity index (χ3n) is 5.52. The number of anilines is 2. The molecule has 2 aromatic carbocycles. The first-order valence-electron chi connectivity index (χ1n) is 10.0. The van der Waals surface area contributed by atoms with E-state index in [9.17, 15) is 13.2 Å². The van der Waals surface area contributed by atoms with Crippen molar-refractivity contribution in [2.45, 2.75) is 36.3 Å².